The average molecular weight is 149 g/mol. The van der Waals surface area contributed by atoms with Gasteiger partial charge in [-0.2, -0.15) is 0 Å². The molecule has 0 aromatic carbocycles. The normalized spacial score (nSPS) is 22.7. The van der Waals surface area contributed by atoms with Crippen LogP contribution in [0.5, 0.6) is 0 Å². The molecular weight excluding hydrogens is 138 g/mol. The third kappa shape index (κ3) is 2.51. The minimum absolute atomic E-state index is 0.0154. The Hall–Kier alpha value is -1.15. The molecule has 1 atom stereocenters. The summed E-state index contributed by atoms with van der Waals surface area (Å²) < 4.78 is 0. The molecule has 11 heavy (non-hydrogen) atoms. The highest BCUT2D eigenvalue weighted by Gasteiger charge is 2.00. The van der Waals surface area contributed by atoms with E-state index in [0.29, 0.717) is 0 Å². The van der Waals surface area contributed by atoms with E-state index in [1.165, 1.54) is 13.0 Å². The molecule has 58 valence electrons. The van der Waals surface area contributed by atoms with Gasteiger partial charge in [-0.05, 0) is 18.6 Å². The summed E-state index contributed by atoms with van der Waals surface area (Å²) in [4.78, 5) is 10.5. The lowest BCUT2D eigenvalue weighted by atomic mass is 10.2. The van der Waals surface area contributed by atoms with E-state index in [1.807, 2.05) is 18.2 Å². The van der Waals surface area contributed by atoms with Crippen LogP contribution < -0.4 is 5.73 Å². The summed E-state index contributed by atoms with van der Waals surface area (Å²) in [6.07, 6.45) is 9.00. The monoisotopic (exact) mass is 149 g/mol. The molecule has 0 heterocycles. The summed E-state index contributed by atoms with van der Waals surface area (Å²) in [7, 11) is 0. The number of carbonyl (C=O) groups is 1. The van der Waals surface area contributed by atoms with Crippen molar-refractivity contribution in [3.05, 3.63) is 36.0 Å². The van der Waals surface area contributed by atoms with Gasteiger partial charge in [-0.25, -0.2) is 0 Å². The molecule has 0 aromatic rings. The summed E-state index contributed by atoms with van der Waals surface area (Å²) in [5.74, 6) is 0.0553. The van der Waals surface area contributed by atoms with Crippen molar-refractivity contribution in [2.75, 3.05) is 0 Å². The van der Waals surface area contributed by atoms with Gasteiger partial charge in [0.15, 0.2) is 5.78 Å². The number of ketones is 1. The molecule has 0 fully saturated rings. The van der Waals surface area contributed by atoms with Crippen molar-refractivity contribution in [2.24, 2.45) is 5.73 Å². The lowest BCUT2D eigenvalue weighted by Gasteiger charge is -1.88. The van der Waals surface area contributed by atoms with Gasteiger partial charge in [-0.15, -0.1) is 0 Å². The highest BCUT2D eigenvalue weighted by molar-refractivity contribution is 5.87. The second-order valence-corrected chi connectivity index (χ2v) is 2.55. The number of allylic oxidation sites excluding steroid dienone is 4. The van der Waals surface area contributed by atoms with Crippen LogP contribution in [-0.4, -0.2) is 11.8 Å². The maximum atomic E-state index is 10.5. The number of carbonyl (C=O) groups excluding carboxylic acids is 1. The van der Waals surface area contributed by atoms with Crippen molar-refractivity contribution in [1.29, 1.82) is 0 Å². The smallest absolute Gasteiger partial charge is 0.152 e. The van der Waals surface area contributed by atoms with E-state index in [2.05, 4.69) is 0 Å². The molecule has 0 saturated carbocycles. The topological polar surface area (TPSA) is 43.1 Å². The quantitative estimate of drug-likeness (QED) is 0.594. The second-order valence-electron chi connectivity index (χ2n) is 2.55. The maximum absolute atomic E-state index is 10.5. The summed E-state index contributed by atoms with van der Waals surface area (Å²) in [6.45, 7) is 1.52. The summed E-state index contributed by atoms with van der Waals surface area (Å²) in [5.41, 5.74) is 6.56. The Kier molecular flexibility index (Phi) is 2.39. The molecule has 0 radical (unpaired) electrons. The second kappa shape index (κ2) is 3.30. The standard InChI is InChI=1S/C9H11NO/c1-7(11)2-3-8-4-5-9(10)6-8/h2-6,9H,10H2,1H3/b3-2+. The Labute approximate surface area is 66.1 Å². The molecule has 0 saturated heterocycles. The van der Waals surface area contributed by atoms with Gasteiger partial charge in [-0.3, -0.25) is 4.79 Å². The molecule has 2 nitrogen and oxygen atoms in total. The zero-order valence-electron chi connectivity index (χ0n) is 6.45. The van der Waals surface area contributed by atoms with Crippen molar-refractivity contribution < 1.29 is 4.79 Å². The van der Waals surface area contributed by atoms with E-state index in [1.54, 1.807) is 6.08 Å². The van der Waals surface area contributed by atoms with Crippen LogP contribution in [0.4, 0.5) is 0 Å². The highest BCUT2D eigenvalue weighted by atomic mass is 16.1. The first-order chi connectivity index (χ1) is 5.18. The lowest BCUT2D eigenvalue weighted by Crippen LogP contribution is -2.10. The molecule has 1 aliphatic rings. The van der Waals surface area contributed by atoms with E-state index >= 15 is 0 Å². The van der Waals surface area contributed by atoms with Crippen molar-refractivity contribution in [3.8, 4) is 0 Å². The lowest BCUT2D eigenvalue weighted by molar-refractivity contribution is -0.112. The number of hydrogen-bond donors (Lipinski definition) is 1. The van der Waals surface area contributed by atoms with Crippen LogP contribution in [0.1, 0.15) is 6.92 Å². The molecule has 0 aliphatic heterocycles. The Balaban J connectivity index is 2.58. The first-order valence-electron chi connectivity index (χ1n) is 3.53. The van der Waals surface area contributed by atoms with E-state index in [4.69, 9.17) is 5.73 Å². The van der Waals surface area contributed by atoms with Crippen molar-refractivity contribution in [1.82, 2.24) is 0 Å². The maximum Gasteiger partial charge on any atom is 0.152 e. The Bertz CT molecular complexity index is 248. The molecular formula is C9H11NO. The summed E-state index contributed by atoms with van der Waals surface area (Å²) in [6, 6.07) is 0.0154. The van der Waals surface area contributed by atoms with Crippen molar-refractivity contribution in [3.63, 3.8) is 0 Å². The van der Waals surface area contributed by atoms with E-state index in [9.17, 15) is 4.79 Å². The fourth-order valence-electron chi connectivity index (χ4n) is 0.880. The molecule has 2 N–H and O–H groups in total. The Morgan fingerprint density at radius 1 is 1.73 bits per heavy atom. The largest absolute Gasteiger partial charge is 0.321 e. The van der Waals surface area contributed by atoms with Gasteiger partial charge in [0.1, 0.15) is 0 Å². The van der Waals surface area contributed by atoms with Gasteiger partial charge >= 0.3 is 0 Å². The highest BCUT2D eigenvalue weighted by Crippen LogP contribution is 2.08. The fourth-order valence-corrected chi connectivity index (χ4v) is 0.880. The van der Waals surface area contributed by atoms with Crippen LogP contribution in [0, 0.1) is 0 Å². The van der Waals surface area contributed by atoms with Crippen LogP contribution in [0.3, 0.4) is 0 Å². The van der Waals surface area contributed by atoms with E-state index in [-0.39, 0.29) is 11.8 Å². The van der Waals surface area contributed by atoms with Gasteiger partial charge in [0.2, 0.25) is 0 Å². The first-order valence-corrected chi connectivity index (χ1v) is 3.53. The van der Waals surface area contributed by atoms with Gasteiger partial charge in [0.05, 0.1) is 0 Å². The fraction of sp³-hybridized carbons (Fsp3) is 0.222. The molecule has 0 bridgehead atoms. The summed E-state index contributed by atoms with van der Waals surface area (Å²) >= 11 is 0. The number of hydrogen-bond acceptors (Lipinski definition) is 2. The SMILES string of the molecule is CC(=O)/C=C/C1=CC(N)C=C1. The molecule has 1 aliphatic carbocycles. The predicted octanol–water partition coefficient (Wildman–Crippen LogP) is 0.955. The molecule has 0 aromatic heterocycles. The minimum Gasteiger partial charge on any atom is -0.321 e. The summed E-state index contributed by atoms with van der Waals surface area (Å²) in [5, 5.41) is 0. The average Bonchev–Trinajstić information content (AvgIpc) is 2.31. The van der Waals surface area contributed by atoms with Crippen LogP contribution in [0.25, 0.3) is 0 Å². The van der Waals surface area contributed by atoms with Crippen LogP contribution >= 0.6 is 0 Å². The zero-order valence-corrected chi connectivity index (χ0v) is 6.45. The molecule has 0 amide bonds. The van der Waals surface area contributed by atoms with Gasteiger partial charge in [0.25, 0.3) is 0 Å². The van der Waals surface area contributed by atoms with Gasteiger partial charge < -0.3 is 5.73 Å². The third-order valence-corrected chi connectivity index (χ3v) is 1.41. The zero-order chi connectivity index (χ0) is 8.27. The first kappa shape index (κ1) is 7.95. The van der Waals surface area contributed by atoms with Gasteiger partial charge in [0, 0.05) is 6.04 Å². The van der Waals surface area contributed by atoms with E-state index < -0.39 is 0 Å². The number of rotatable bonds is 2. The van der Waals surface area contributed by atoms with E-state index in [0.717, 1.165) is 5.57 Å². The van der Waals surface area contributed by atoms with Crippen molar-refractivity contribution >= 4 is 5.78 Å². The minimum atomic E-state index is 0.0154. The number of nitrogens with two attached hydrogens (primary N) is 1. The molecule has 2 heteroatoms. The molecule has 1 unspecified atom stereocenters. The van der Waals surface area contributed by atoms with Crippen molar-refractivity contribution in [2.45, 2.75) is 13.0 Å². The third-order valence-electron chi connectivity index (χ3n) is 1.41. The molecule has 1 rings (SSSR count). The van der Waals surface area contributed by atoms with Crippen LogP contribution in [0.2, 0.25) is 0 Å². The Morgan fingerprint density at radius 2 is 2.45 bits per heavy atom. The predicted molar refractivity (Wildman–Crippen MR) is 45.0 cm³/mol. The van der Waals surface area contributed by atoms with Crippen LogP contribution in [0.15, 0.2) is 36.0 Å². The Morgan fingerprint density at radius 3 is 2.91 bits per heavy atom. The van der Waals surface area contributed by atoms with Gasteiger partial charge in [-0.1, -0.05) is 24.3 Å². The van der Waals surface area contributed by atoms with Crippen LogP contribution in [-0.2, 0) is 4.79 Å². The molecule has 0 spiro atoms.